The van der Waals surface area contributed by atoms with Gasteiger partial charge in [-0.2, -0.15) is 10.2 Å². The summed E-state index contributed by atoms with van der Waals surface area (Å²) in [6, 6.07) is 3.19. The number of amides is 1. The van der Waals surface area contributed by atoms with Gasteiger partial charge < -0.3 is 4.74 Å². The lowest BCUT2D eigenvalue weighted by atomic mass is 10.2. The van der Waals surface area contributed by atoms with Crippen molar-refractivity contribution in [1.82, 2.24) is 20.6 Å². The number of ether oxygens (including phenoxy) is 1. The summed E-state index contributed by atoms with van der Waals surface area (Å²) in [5, 5.41) is 9.45. The van der Waals surface area contributed by atoms with Gasteiger partial charge in [0, 0.05) is 0 Å². The first-order valence-electron chi connectivity index (χ1n) is 7.62. The molecule has 1 aromatic heterocycles. The van der Waals surface area contributed by atoms with Crippen LogP contribution in [0.15, 0.2) is 31.8 Å². The van der Waals surface area contributed by atoms with Crippen LogP contribution in [0.4, 0.5) is 0 Å². The number of benzene rings is 1. The number of nitrogens with one attached hydrogen (secondary N) is 3. The van der Waals surface area contributed by atoms with E-state index in [4.69, 9.17) is 27.9 Å². The molecule has 0 spiro atoms. The summed E-state index contributed by atoms with van der Waals surface area (Å²) in [7, 11) is 0. The number of hydrazone groups is 1. The fourth-order valence-electron chi connectivity index (χ4n) is 1.84. The Labute approximate surface area is 167 Å². The van der Waals surface area contributed by atoms with E-state index in [0.717, 1.165) is 11.8 Å². The maximum atomic E-state index is 12.1. The molecule has 1 unspecified atom stereocenters. The van der Waals surface area contributed by atoms with Gasteiger partial charge in [-0.25, -0.2) is 15.3 Å². The quantitative estimate of drug-likeness (QED) is 0.348. The number of rotatable bonds is 7. The van der Waals surface area contributed by atoms with Crippen LogP contribution < -0.4 is 21.4 Å². The molecule has 27 heavy (non-hydrogen) atoms. The van der Waals surface area contributed by atoms with Gasteiger partial charge in [-0.1, -0.05) is 35.0 Å². The van der Waals surface area contributed by atoms with E-state index in [-0.39, 0.29) is 5.03 Å². The Morgan fingerprint density at radius 3 is 2.67 bits per heavy atom. The average molecular weight is 432 g/mol. The summed E-state index contributed by atoms with van der Waals surface area (Å²) in [6.45, 7) is 3.80. The van der Waals surface area contributed by atoms with Crippen molar-refractivity contribution in [3.8, 4) is 5.75 Å². The number of aromatic amines is 2. The van der Waals surface area contributed by atoms with E-state index >= 15 is 0 Å². The van der Waals surface area contributed by atoms with Crippen LogP contribution in [0.1, 0.15) is 19.4 Å². The molecule has 2 aromatic rings. The Kier molecular flexibility index (Phi) is 7.45. The van der Waals surface area contributed by atoms with Crippen LogP contribution in [0.2, 0.25) is 10.0 Å². The maximum Gasteiger partial charge on any atom is 0.342 e. The predicted molar refractivity (Wildman–Crippen MR) is 104 cm³/mol. The molecule has 2 rings (SSSR count). The number of hydrogen-bond donors (Lipinski definition) is 3. The highest BCUT2D eigenvalue weighted by Gasteiger charge is 2.17. The van der Waals surface area contributed by atoms with Gasteiger partial charge in [0.2, 0.25) is 0 Å². The molecular formula is C15H15Cl2N5O4S. The van der Waals surface area contributed by atoms with Crippen LogP contribution in [0, 0.1) is 0 Å². The zero-order valence-corrected chi connectivity index (χ0v) is 16.5. The summed E-state index contributed by atoms with van der Waals surface area (Å²) in [4.78, 5) is 36.6. The minimum Gasteiger partial charge on any atom is -0.491 e. The third-order valence-corrected chi connectivity index (χ3v) is 4.66. The average Bonchev–Trinajstić information content (AvgIpc) is 2.60. The SMILES string of the molecule is CCOc1c(Cl)cc(/C=N/NC(=O)C(C)Sc2n[nH]c(=O)[nH]c2=O)cc1Cl. The van der Waals surface area contributed by atoms with E-state index in [1.807, 2.05) is 11.9 Å². The van der Waals surface area contributed by atoms with Crippen molar-refractivity contribution in [2.24, 2.45) is 5.10 Å². The van der Waals surface area contributed by atoms with Crippen molar-refractivity contribution in [3.05, 3.63) is 48.6 Å². The van der Waals surface area contributed by atoms with Crippen molar-refractivity contribution in [2.75, 3.05) is 6.61 Å². The van der Waals surface area contributed by atoms with Gasteiger partial charge >= 0.3 is 5.69 Å². The van der Waals surface area contributed by atoms with Crippen LogP contribution in [0.3, 0.4) is 0 Å². The monoisotopic (exact) mass is 431 g/mol. The van der Waals surface area contributed by atoms with Gasteiger partial charge in [-0.15, -0.1) is 0 Å². The van der Waals surface area contributed by atoms with E-state index in [1.165, 1.54) is 6.21 Å². The molecule has 9 nitrogen and oxygen atoms in total. The van der Waals surface area contributed by atoms with Crippen LogP contribution in [-0.4, -0.2) is 39.2 Å². The van der Waals surface area contributed by atoms with Crippen LogP contribution in [-0.2, 0) is 4.79 Å². The number of aromatic nitrogens is 3. The first-order valence-corrected chi connectivity index (χ1v) is 9.25. The molecule has 0 aliphatic rings. The zero-order chi connectivity index (χ0) is 20.0. The highest BCUT2D eigenvalue weighted by molar-refractivity contribution is 8.00. The normalized spacial score (nSPS) is 12.1. The first-order chi connectivity index (χ1) is 12.8. The largest absolute Gasteiger partial charge is 0.491 e. The smallest absolute Gasteiger partial charge is 0.342 e. The minimum atomic E-state index is -0.723. The number of hydrogen-bond acceptors (Lipinski definition) is 7. The Morgan fingerprint density at radius 2 is 2.07 bits per heavy atom. The number of halogens is 2. The van der Waals surface area contributed by atoms with Crippen molar-refractivity contribution in [1.29, 1.82) is 0 Å². The fraction of sp³-hybridized carbons (Fsp3) is 0.267. The van der Waals surface area contributed by atoms with E-state index in [9.17, 15) is 14.4 Å². The second-order valence-electron chi connectivity index (χ2n) is 5.05. The molecule has 0 saturated carbocycles. The Morgan fingerprint density at radius 1 is 1.41 bits per heavy atom. The van der Waals surface area contributed by atoms with Crippen LogP contribution in [0.25, 0.3) is 0 Å². The van der Waals surface area contributed by atoms with Gasteiger partial charge in [0.05, 0.1) is 28.1 Å². The van der Waals surface area contributed by atoms with Gasteiger partial charge in [-0.05, 0) is 31.5 Å². The Balaban J connectivity index is 2.00. The molecule has 1 heterocycles. The summed E-state index contributed by atoms with van der Waals surface area (Å²) in [5.74, 6) is -0.0857. The second-order valence-corrected chi connectivity index (χ2v) is 7.20. The standard InChI is InChI=1S/C15H15Cl2N5O4S/c1-3-26-11-9(16)4-8(5-10(11)17)6-18-20-12(23)7(2)27-14-13(24)19-15(25)22-21-14/h4-7H,3H2,1-2H3,(H,20,23)(H2,19,22,24,25)/b18-6+. The molecule has 1 atom stereocenters. The number of nitrogens with zero attached hydrogens (tertiary/aromatic N) is 2. The topological polar surface area (TPSA) is 129 Å². The molecule has 0 fully saturated rings. The maximum absolute atomic E-state index is 12.1. The first kappa shape index (κ1) is 21.0. The lowest BCUT2D eigenvalue weighted by molar-refractivity contribution is -0.120. The van der Waals surface area contributed by atoms with Crippen LogP contribution >= 0.6 is 35.0 Å². The summed E-state index contributed by atoms with van der Waals surface area (Å²) >= 11 is 13.1. The summed E-state index contributed by atoms with van der Waals surface area (Å²) in [5.41, 5.74) is 1.50. The third-order valence-electron chi connectivity index (χ3n) is 3.04. The predicted octanol–water partition coefficient (Wildman–Crippen LogP) is 1.79. The lowest BCUT2D eigenvalue weighted by Gasteiger charge is -2.09. The van der Waals surface area contributed by atoms with Crippen molar-refractivity contribution in [3.63, 3.8) is 0 Å². The fourth-order valence-corrected chi connectivity index (χ4v) is 3.20. The number of thioether (sulfide) groups is 1. The number of H-pyrrole nitrogens is 2. The Hall–Kier alpha value is -2.30. The minimum absolute atomic E-state index is 0.0358. The van der Waals surface area contributed by atoms with Gasteiger partial charge in [0.1, 0.15) is 0 Å². The molecule has 0 aliphatic carbocycles. The number of carbonyl (C=O) groups excluding carboxylic acids is 1. The van der Waals surface area contributed by atoms with Gasteiger partial charge in [0.15, 0.2) is 10.8 Å². The van der Waals surface area contributed by atoms with Gasteiger partial charge in [0.25, 0.3) is 11.5 Å². The van der Waals surface area contributed by atoms with E-state index < -0.39 is 22.4 Å². The molecule has 0 saturated heterocycles. The summed E-state index contributed by atoms with van der Waals surface area (Å²) in [6.07, 6.45) is 1.37. The molecule has 1 aromatic carbocycles. The summed E-state index contributed by atoms with van der Waals surface area (Å²) < 4.78 is 5.33. The van der Waals surface area contributed by atoms with E-state index in [2.05, 4.69) is 20.7 Å². The van der Waals surface area contributed by atoms with Crippen molar-refractivity contribution in [2.45, 2.75) is 24.1 Å². The van der Waals surface area contributed by atoms with E-state index in [1.54, 1.807) is 19.1 Å². The van der Waals surface area contributed by atoms with Crippen molar-refractivity contribution < 1.29 is 9.53 Å². The Bertz CT molecular complexity index is 952. The molecule has 3 N–H and O–H groups in total. The third kappa shape index (κ3) is 5.84. The zero-order valence-electron chi connectivity index (χ0n) is 14.2. The molecular weight excluding hydrogens is 417 g/mol. The molecule has 0 aliphatic heterocycles. The highest BCUT2D eigenvalue weighted by atomic mass is 35.5. The number of carbonyl (C=O) groups is 1. The highest BCUT2D eigenvalue weighted by Crippen LogP contribution is 2.33. The van der Waals surface area contributed by atoms with Crippen molar-refractivity contribution >= 4 is 47.1 Å². The van der Waals surface area contributed by atoms with Gasteiger partial charge in [-0.3, -0.25) is 14.6 Å². The molecule has 12 heteroatoms. The molecule has 1 amide bonds. The molecule has 0 bridgehead atoms. The van der Waals surface area contributed by atoms with Crippen LogP contribution in [0.5, 0.6) is 5.75 Å². The molecule has 144 valence electrons. The van der Waals surface area contributed by atoms with E-state index in [0.29, 0.717) is 28.0 Å². The molecule has 0 radical (unpaired) electrons. The second kappa shape index (κ2) is 9.58. The lowest BCUT2D eigenvalue weighted by Crippen LogP contribution is -2.30.